The highest BCUT2D eigenvalue weighted by molar-refractivity contribution is 7.17. The number of furan rings is 1. The van der Waals surface area contributed by atoms with Crippen LogP contribution in [0, 0.1) is 0 Å². The molecule has 5 nitrogen and oxygen atoms in total. The van der Waals surface area contributed by atoms with Crippen LogP contribution in [0.25, 0.3) is 10.2 Å². The zero-order valence-electron chi connectivity index (χ0n) is 10.7. The number of fused-ring (bicyclic) bond motifs is 1. The second-order valence-corrected chi connectivity index (χ2v) is 5.54. The maximum atomic E-state index is 10.0. The van der Waals surface area contributed by atoms with Gasteiger partial charge in [0.2, 0.25) is 5.28 Å². The molecular formula is C12H11BClN3O2S. The molecule has 0 aliphatic heterocycles. The van der Waals surface area contributed by atoms with E-state index in [-0.39, 0.29) is 5.28 Å². The maximum Gasteiger partial charge on any atom is 0.411 e. The molecule has 0 saturated heterocycles. The smallest absolute Gasteiger partial charge is 0.411 e. The van der Waals surface area contributed by atoms with Crippen LogP contribution in [0.2, 0.25) is 12.1 Å². The second-order valence-electron chi connectivity index (χ2n) is 4.29. The van der Waals surface area contributed by atoms with Gasteiger partial charge in [-0.2, -0.15) is 0 Å². The Morgan fingerprint density at radius 2 is 2.30 bits per heavy atom. The van der Waals surface area contributed by atoms with Crippen LogP contribution in [0.3, 0.4) is 0 Å². The van der Waals surface area contributed by atoms with E-state index >= 15 is 0 Å². The monoisotopic (exact) mass is 307 g/mol. The minimum atomic E-state index is -0.726. The molecule has 3 aromatic rings. The summed E-state index contributed by atoms with van der Waals surface area (Å²) >= 11 is 7.48. The molecule has 20 heavy (non-hydrogen) atoms. The highest BCUT2D eigenvalue weighted by atomic mass is 35.5. The van der Waals surface area contributed by atoms with Gasteiger partial charge in [-0.3, -0.25) is 0 Å². The van der Waals surface area contributed by atoms with Crippen molar-refractivity contribution in [2.45, 2.75) is 13.4 Å². The molecule has 0 fully saturated rings. The van der Waals surface area contributed by atoms with Crippen LogP contribution in [-0.4, -0.2) is 22.0 Å². The van der Waals surface area contributed by atoms with E-state index in [1.807, 2.05) is 23.6 Å². The summed E-state index contributed by atoms with van der Waals surface area (Å²) in [5.74, 6) is 1.35. The van der Waals surface area contributed by atoms with Crippen molar-refractivity contribution in [3.8, 4) is 0 Å². The number of nitrogens with zero attached hydrogens (tertiary/aromatic N) is 3. The van der Waals surface area contributed by atoms with Gasteiger partial charge in [0.05, 0.1) is 23.0 Å². The fourth-order valence-corrected chi connectivity index (χ4v) is 2.98. The molecule has 8 heteroatoms. The normalized spacial score (nSPS) is 10.9. The van der Waals surface area contributed by atoms with Crippen LogP contribution in [0.4, 0.5) is 5.82 Å². The highest BCUT2D eigenvalue weighted by Crippen LogP contribution is 2.31. The van der Waals surface area contributed by atoms with Gasteiger partial charge in [0.1, 0.15) is 11.6 Å². The fourth-order valence-electron chi connectivity index (χ4n) is 1.97. The van der Waals surface area contributed by atoms with E-state index in [1.54, 1.807) is 17.9 Å². The molecule has 1 N–H and O–H groups in total. The molecule has 0 aliphatic carbocycles. The minimum absolute atomic E-state index is 0.163. The number of aromatic nitrogens is 2. The number of anilines is 1. The number of rotatable bonds is 4. The summed E-state index contributed by atoms with van der Waals surface area (Å²) in [5.41, 5.74) is 0.773. The number of hydrogen-bond donors (Lipinski definition) is 1. The quantitative estimate of drug-likeness (QED) is 0.593. The summed E-state index contributed by atoms with van der Waals surface area (Å²) in [7, 11) is -0.726. The molecule has 0 aliphatic rings. The maximum absolute atomic E-state index is 10.0. The van der Waals surface area contributed by atoms with E-state index in [0.717, 1.165) is 16.0 Å². The van der Waals surface area contributed by atoms with E-state index in [1.165, 1.54) is 11.3 Å². The molecule has 0 radical (unpaired) electrons. The molecule has 0 bridgehead atoms. The van der Waals surface area contributed by atoms with Gasteiger partial charge in [-0.25, -0.2) is 9.97 Å². The van der Waals surface area contributed by atoms with Gasteiger partial charge in [-0.05, 0) is 42.0 Å². The Hall–Kier alpha value is -1.57. The van der Waals surface area contributed by atoms with Crippen LogP contribution in [-0.2, 0) is 6.54 Å². The minimum Gasteiger partial charge on any atom is -0.468 e. The Morgan fingerprint density at radius 3 is 3.00 bits per heavy atom. The van der Waals surface area contributed by atoms with Crippen molar-refractivity contribution < 1.29 is 9.44 Å². The first-order chi connectivity index (χ1) is 9.65. The lowest BCUT2D eigenvalue weighted by Gasteiger charge is -2.24. The lowest BCUT2D eigenvalue weighted by molar-refractivity contribution is 0.502. The fraction of sp³-hybridized carbons (Fsp3) is 0.167. The lowest BCUT2D eigenvalue weighted by atomic mass is 9.84. The van der Waals surface area contributed by atoms with Gasteiger partial charge < -0.3 is 14.3 Å². The Morgan fingerprint density at radius 1 is 1.45 bits per heavy atom. The Balaban J connectivity index is 2.07. The Kier molecular flexibility index (Phi) is 3.65. The predicted molar refractivity (Wildman–Crippen MR) is 81.2 cm³/mol. The second kappa shape index (κ2) is 5.44. The lowest BCUT2D eigenvalue weighted by Crippen LogP contribution is -2.37. The Labute approximate surface area is 125 Å². The van der Waals surface area contributed by atoms with Crippen LogP contribution in [0.5, 0.6) is 0 Å². The van der Waals surface area contributed by atoms with E-state index in [0.29, 0.717) is 12.4 Å². The molecule has 0 amide bonds. The molecule has 0 atom stereocenters. The molecule has 0 saturated carbocycles. The topological polar surface area (TPSA) is 62.4 Å². The largest absolute Gasteiger partial charge is 0.468 e. The first kappa shape index (κ1) is 13.4. The molecule has 3 aromatic heterocycles. The molecule has 0 unspecified atom stereocenters. The molecule has 0 aromatic carbocycles. The van der Waals surface area contributed by atoms with Gasteiger partial charge in [-0.1, -0.05) is 0 Å². The summed E-state index contributed by atoms with van der Waals surface area (Å²) in [4.78, 5) is 10.2. The standard InChI is InChI=1S/C12H11BClN3O2S/c1-13(18)17(7-8-3-2-5-19-8)11-10-9(4-6-20-10)15-12(14)16-11/h2-6,18H,7H2,1H3. The van der Waals surface area contributed by atoms with E-state index in [4.69, 9.17) is 16.0 Å². The summed E-state index contributed by atoms with van der Waals surface area (Å²) < 4.78 is 6.22. The first-order valence-corrected chi connectivity index (χ1v) is 7.29. The van der Waals surface area contributed by atoms with Gasteiger partial charge >= 0.3 is 7.05 Å². The van der Waals surface area contributed by atoms with Crippen LogP contribution in [0.1, 0.15) is 5.76 Å². The first-order valence-electron chi connectivity index (χ1n) is 6.03. The van der Waals surface area contributed by atoms with Crippen LogP contribution >= 0.6 is 22.9 Å². The van der Waals surface area contributed by atoms with Crippen molar-refractivity contribution in [3.63, 3.8) is 0 Å². The van der Waals surface area contributed by atoms with Crippen molar-refractivity contribution in [2.24, 2.45) is 0 Å². The van der Waals surface area contributed by atoms with E-state index in [2.05, 4.69) is 9.97 Å². The van der Waals surface area contributed by atoms with Crippen molar-refractivity contribution in [1.82, 2.24) is 9.97 Å². The summed E-state index contributed by atoms with van der Waals surface area (Å²) in [5, 5.41) is 12.1. The third kappa shape index (κ3) is 2.52. The van der Waals surface area contributed by atoms with Gasteiger partial charge in [0.25, 0.3) is 0 Å². The molecule has 3 heterocycles. The van der Waals surface area contributed by atoms with Gasteiger partial charge in [0, 0.05) is 0 Å². The highest BCUT2D eigenvalue weighted by Gasteiger charge is 2.23. The average Bonchev–Trinajstić information content (AvgIpc) is 3.05. The van der Waals surface area contributed by atoms with Crippen LogP contribution in [0.15, 0.2) is 34.3 Å². The van der Waals surface area contributed by atoms with E-state index in [9.17, 15) is 5.02 Å². The molecule has 0 spiro atoms. The number of thiophene rings is 1. The number of hydrogen-bond acceptors (Lipinski definition) is 6. The molecule has 102 valence electrons. The molecule has 3 rings (SSSR count). The number of halogens is 1. The average molecular weight is 308 g/mol. The Bertz CT molecular complexity index is 717. The molecular weight excluding hydrogens is 296 g/mol. The third-order valence-electron chi connectivity index (χ3n) is 2.89. The van der Waals surface area contributed by atoms with Crippen molar-refractivity contribution >= 4 is 46.0 Å². The van der Waals surface area contributed by atoms with Gasteiger partial charge in [-0.15, -0.1) is 11.3 Å². The van der Waals surface area contributed by atoms with Crippen molar-refractivity contribution in [3.05, 3.63) is 40.9 Å². The summed E-state index contributed by atoms with van der Waals surface area (Å²) in [6.45, 7) is 2.09. The zero-order chi connectivity index (χ0) is 14.1. The van der Waals surface area contributed by atoms with Crippen molar-refractivity contribution in [2.75, 3.05) is 4.81 Å². The third-order valence-corrected chi connectivity index (χ3v) is 3.96. The SMILES string of the molecule is CB(O)N(Cc1ccco1)c1nc(Cl)nc2ccsc12. The van der Waals surface area contributed by atoms with Gasteiger partial charge in [0.15, 0.2) is 0 Å². The summed E-state index contributed by atoms with van der Waals surface area (Å²) in [6.07, 6.45) is 1.60. The predicted octanol–water partition coefficient (Wildman–Crippen LogP) is 3.05. The van der Waals surface area contributed by atoms with Crippen LogP contribution < -0.4 is 4.81 Å². The summed E-state index contributed by atoms with van der Waals surface area (Å²) in [6, 6.07) is 5.54. The zero-order valence-corrected chi connectivity index (χ0v) is 12.2. The van der Waals surface area contributed by atoms with Crippen molar-refractivity contribution in [1.29, 1.82) is 0 Å². The van der Waals surface area contributed by atoms with E-state index < -0.39 is 7.05 Å².